The van der Waals surface area contributed by atoms with Crippen molar-refractivity contribution in [1.82, 2.24) is 4.90 Å². The number of aryl methyl sites for hydroxylation is 1. The molecule has 0 radical (unpaired) electrons. The van der Waals surface area contributed by atoms with E-state index in [2.05, 4.69) is 4.90 Å². The highest BCUT2D eigenvalue weighted by Gasteiger charge is 2.13. The second-order valence-electron chi connectivity index (χ2n) is 4.71. The number of benzene rings is 1. The number of ether oxygens (including phenoxy) is 2. The summed E-state index contributed by atoms with van der Waals surface area (Å²) in [7, 11) is 3.37. The quantitative estimate of drug-likeness (QED) is 0.738. The van der Waals surface area contributed by atoms with Gasteiger partial charge >= 0.3 is 0 Å². The van der Waals surface area contributed by atoms with Crippen molar-refractivity contribution in [3.05, 3.63) is 35.4 Å². The van der Waals surface area contributed by atoms with Gasteiger partial charge in [0, 0.05) is 33.9 Å². The Morgan fingerprint density at radius 1 is 1.05 bits per heavy atom. The van der Waals surface area contributed by atoms with E-state index in [1.54, 1.807) is 14.2 Å². The molecule has 1 aromatic rings. The van der Waals surface area contributed by atoms with Gasteiger partial charge in [-0.15, -0.1) is 0 Å². The van der Waals surface area contributed by atoms with Crippen molar-refractivity contribution >= 4 is 0 Å². The molecule has 0 aliphatic carbocycles. The van der Waals surface area contributed by atoms with Gasteiger partial charge in [-0.05, 0) is 12.5 Å². The monoisotopic (exact) mass is 267 g/mol. The Balaban J connectivity index is 2.53. The van der Waals surface area contributed by atoms with Crippen LogP contribution in [0, 0.1) is 6.92 Å². The number of rotatable bonds is 9. The van der Waals surface area contributed by atoms with E-state index in [1.165, 1.54) is 5.56 Å². The third kappa shape index (κ3) is 6.16. The Hall–Kier alpha value is -0.940. The van der Waals surface area contributed by atoms with Gasteiger partial charge in [-0.1, -0.05) is 29.8 Å². The van der Waals surface area contributed by atoms with Crippen LogP contribution in [-0.4, -0.2) is 57.1 Å². The minimum Gasteiger partial charge on any atom is -0.387 e. The Morgan fingerprint density at radius 2 is 1.58 bits per heavy atom. The van der Waals surface area contributed by atoms with Crippen LogP contribution in [0.2, 0.25) is 0 Å². The maximum absolute atomic E-state index is 10.3. The van der Waals surface area contributed by atoms with Crippen LogP contribution in [0.5, 0.6) is 0 Å². The average Bonchev–Trinajstić information content (AvgIpc) is 2.42. The van der Waals surface area contributed by atoms with Crippen LogP contribution in [0.3, 0.4) is 0 Å². The van der Waals surface area contributed by atoms with Gasteiger partial charge < -0.3 is 14.6 Å². The van der Waals surface area contributed by atoms with Gasteiger partial charge in [-0.2, -0.15) is 0 Å². The highest BCUT2D eigenvalue weighted by Crippen LogP contribution is 2.15. The van der Waals surface area contributed by atoms with Crippen molar-refractivity contribution in [3.63, 3.8) is 0 Å². The number of nitrogens with zero attached hydrogens (tertiary/aromatic N) is 1. The van der Waals surface area contributed by atoms with Gasteiger partial charge in [-0.3, -0.25) is 4.90 Å². The predicted molar refractivity (Wildman–Crippen MR) is 76.3 cm³/mol. The molecule has 0 aliphatic rings. The molecule has 4 nitrogen and oxygen atoms in total. The molecular formula is C15H25NO3. The molecule has 1 unspecified atom stereocenters. The van der Waals surface area contributed by atoms with Crippen LogP contribution < -0.4 is 0 Å². The summed E-state index contributed by atoms with van der Waals surface area (Å²) in [6.07, 6.45) is -0.477. The summed E-state index contributed by atoms with van der Waals surface area (Å²) in [5.74, 6) is 0. The molecule has 0 bridgehead atoms. The molecule has 0 amide bonds. The number of hydrogen-bond donors (Lipinski definition) is 1. The summed E-state index contributed by atoms with van der Waals surface area (Å²) in [6, 6.07) is 8.00. The Morgan fingerprint density at radius 3 is 2.05 bits per heavy atom. The van der Waals surface area contributed by atoms with E-state index in [1.807, 2.05) is 31.2 Å². The van der Waals surface area contributed by atoms with E-state index < -0.39 is 6.10 Å². The first-order valence-electron chi connectivity index (χ1n) is 6.62. The van der Waals surface area contributed by atoms with E-state index in [9.17, 15) is 5.11 Å². The molecule has 108 valence electrons. The summed E-state index contributed by atoms with van der Waals surface area (Å²) in [4.78, 5) is 2.15. The summed E-state index contributed by atoms with van der Waals surface area (Å²) >= 11 is 0. The molecule has 1 aromatic carbocycles. The fourth-order valence-electron chi connectivity index (χ4n) is 1.87. The first-order valence-corrected chi connectivity index (χ1v) is 6.62. The predicted octanol–water partition coefficient (Wildman–Crippen LogP) is 1.62. The lowest BCUT2D eigenvalue weighted by Crippen LogP contribution is -2.34. The molecule has 0 aliphatic heterocycles. The number of hydrogen-bond acceptors (Lipinski definition) is 4. The Bertz CT molecular complexity index is 332. The standard InChI is InChI=1S/C15H25NO3/c1-13-4-6-14(7-5-13)15(17)12-16(8-10-18-2)9-11-19-3/h4-7,15,17H,8-12H2,1-3H3. The van der Waals surface area contributed by atoms with E-state index in [-0.39, 0.29) is 0 Å². The minimum atomic E-state index is -0.477. The molecular weight excluding hydrogens is 242 g/mol. The van der Waals surface area contributed by atoms with Crippen LogP contribution in [0.25, 0.3) is 0 Å². The minimum absolute atomic E-state index is 0.477. The molecule has 0 saturated heterocycles. The van der Waals surface area contributed by atoms with Crippen molar-refractivity contribution in [2.75, 3.05) is 47.1 Å². The summed E-state index contributed by atoms with van der Waals surface area (Å²) in [5.41, 5.74) is 2.15. The number of methoxy groups -OCH3 is 2. The molecule has 4 heteroatoms. The fraction of sp³-hybridized carbons (Fsp3) is 0.600. The first-order chi connectivity index (χ1) is 9.17. The zero-order valence-corrected chi connectivity index (χ0v) is 12.1. The summed E-state index contributed by atoms with van der Waals surface area (Å²) < 4.78 is 10.2. The van der Waals surface area contributed by atoms with Gasteiger partial charge in [0.25, 0.3) is 0 Å². The molecule has 19 heavy (non-hydrogen) atoms. The third-order valence-electron chi connectivity index (χ3n) is 3.12. The van der Waals surface area contributed by atoms with Gasteiger partial charge in [0.15, 0.2) is 0 Å². The molecule has 1 rings (SSSR count). The van der Waals surface area contributed by atoms with Crippen molar-refractivity contribution in [2.24, 2.45) is 0 Å². The van der Waals surface area contributed by atoms with Gasteiger partial charge in [0.2, 0.25) is 0 Å². The van der Waals surface area contributed by atoms with Gasteiger partial charge in [-0.25, -0.2) is 0 Å². The molecule has 1 N–H and O–H groups in total. The van der Waals surface area contributed by atoms with Gasteiger partial charge in [0.05, 0.1) is 19.3 Å². The van der Waals surface area contributed by atoms with Gasteiger partial charge in [0.1, 0.15) is 0 Å². The first kappa shape index (κ1) is 16.1. The summed E-state index contributed by atoms with van der Waals surface area (Å²) in [6.45, 7) is 5.54. The number of aliphatic hydroxyl groups is 1. The van der Waals surface area contributed by atoms with E-state index in [4.69, 9.17) is 9.47 Å². The van der Waals surface area contributed by atoms with Crippen molar-refractivity contribution in [3.8, 4) is 0 Å². The van der Waals surface area contributed by atoms with E-state index >= 15 is 0 Å². The lowest BCUT2D eigenvalue weighted by Gasteiger charge is -2.24. The lowest BCUT2D eigenvalue weighted by molar-refractivity contribution is 0.0697. The highest BCUT2D eigenvalue weighted by molar-refractivity contribution is 5.23. The Labute approximate surface area is 115 Å². The second kappa shape index (κ2) is 9.04. The smallest absolute Gasteiger partial charge is 0.0916 e. The fourth-order valence-corrected chi connectivity index (χ4v) is 1.87. The van der Waals surface area contributed by atoms with Crippen LogP contribution >= 0.6 is 0 Å². The molecule has 0 saturated carbocycles. The molecule has 0 heterocycles. The lowest BCUT2D eigenvalue weighted by atomic mass is 10.1. The molecule has 1 atom stereocenters. The van der Waals surface area contributed by atoms with Crippen LogP contribution in [-0.2, 0) is 9.47 Å². The topological polar surface area (TPSA) is 41.9 Å². The maximum atomic E-state index is 10.3. The zero-order chi connectivity index (χ0) is 14.1. The van der Waals surface area contributed by atoms with Crippen LogP contribution in [0.4, 0.5) is 0 Å². The molecule has 0 aromatic heterocycles. The molecule has 0 fully saturated rings. The van der Waals surface area contributed by atoms with E-state index in [0.29, 0.717) is 19.8 Å². The van der Waals surface area contributed by atoms with Crippen molar-refractivity contribution in [1.29, 1.82) is 0 Å². The van der Waals surface area contributed by atoms with Crippen LogP contribution in [0.15, 0.2) is 24.3 Å². The highest BCUT2D eigenvalue weighted by atomic mass is 16.5. The maximum Gasteiger partial charge on any atom is 0.0916 e. The SMILES string of the molecule is COCCN(CCOC)CC(O)c1ccc(C)cc1. The van der Waals surface area contributed by atoms with Crippen molar-refractivity contribution < 1.29 is 14.6 Å². The van der Waals surface area contributed by atoms with Crippen molar-refractivity contribution in [2.45, 2.75) is 13.0 Å². The second-order valence-corrected chi connectivity index (χ2v) is 4.71. The average molecular weight is 267 g/mol. The summed E-state index contributed by atoms with van der Waals surface area (Å²) in [5, 5.41) is 10.3. The third-order valence-corrected chi connectivity index (χ3v) is 3.12. The zero-order valence-electron chi connectivity index (χ0n) is 12.1. The van der Waals surface area contributed by atoms with Crippen LogP contribution in [0.1, 0.15) is 17.2 Å². The molecule has 0 spiro atoms. The Kier molecular flexibility index (Phi) is 7.67. The van der Waals surface area contributed by atoms with E-state index in [0.717, 1.165) is 18.7 Å². The normalized spacial score (nSPS) is 12.9. The number of aliphatic hydroxyl groups excluding tert-OH is 1. The largest absolute Gasteiger partial charge is 0.387 e.